The molecule has 0 aromatic heterocycles. The number of nitrogens with two attached hydrogens (primary N) is 3. The molecule has 0 spiro atoms. The highest BCUT2D eigenvalue weighted by Crippen LogP contribution is 2.00. The largest absolute Gasteiger partial charge is 0.370 e. The molecule has 12 heavy (non-hydrogen) atoms. The molecule has 6 heteroatoms. The van der Waals surface area contributed by atoms with Gasteiger partial charge < -0.3 is 17.2 Å². The molecule has 0 fully saturated rings. The molecule has 6 N–H and O–H groups in total. The topological polar surface area (TPSA) is 107 Å². The van der Waals surface area contributed by atoms with Crippen LogP contribution in [0.4, 0.5) is 0 Å². The number of guanidine groups is 1. The fourth-order valence-electron chi connectivity index (χ4n) is 0.633. The first kappa shape index (κ1) is 11.6. The quantitative estimate of drug-likeness (QED) is 0.204. The van der Waals surface area contributed by atoms with Gasteiger partial charge in [0.1, 0.15) is 0 Å². The average Bonchev–Trinajstić information content (AvgIpc) is 1.97. The van der Waals surface area contributed by atoms with Crippen LogP contribution in [-0.2, 0) is 4.79 Å². The Labute approximate surface area is 84.9 Å². The lowest BCUT2D eigenvalue weighted by molar-refractivity contribution is -0.110. The second kappa shape index (κ2) is 6.18. The number of hydrogen-bond acceptors (Lipinski definition) is 3. The van der Waals surface area contributed by atoms with E-state index in [9.17, 15) is 4.79 Å². The summed E-state index contributed by atoms with van der Waals surface area (Å²) < 4.78 is -0.0303. The van der Waals surface area contributed by atoms with Crippen LogP contribution in [0.15, 0.2) is 4.99 Å². The molecule has 5 nitrogen and oxygen atoms in total. The summed E-state index contributed by atoms with van der Waals surface area (Å²) in [5, 5.41) is 0. The van der Waals surface area contributed by atoms with E-state index in [0.29, 0.717) is 13.0 Å². The van der Waals surface area contributed by atoms with E-state index in [4.69, 9.17) is 17.2 Å². The van der Waals surface area contributed by atoms with Crippen molar-refractivity contribution in [3.8, 4) is 0 Å². The molecular formula is C6H13IN4O. The number of carbonyl (C=O) groups excluding carboxylic acids is 1. The summed E-state index contributed by atoms with van der Waals surface area (Å²) in [4.78, 5) is 14.4. The third-order valence-corrected chi connectivity index (χ3v) is 2.06. The minimum Gasteiger partial charge on any atom is -0.370 e. The standard InChI is InChI=1S/C6H13IN4O/c7-5(12)4(8)2-1-3-11-6(9)10/h4H,1-3,8H2,(H4,9,10,11)/t4-/m1/s1. The molecule has 0 unspecified atom stereocenters. The minimum atomic E-state index is -0.389. The van der Waals surface area contributed by atoms with E-state index in [1.165, 1.54) is 0 Å². The Morgan fingerprint density at radius 3 is 2.50 bits per heavy atom. The second-order valence-electron chi connectivity index (χ2n) is 2.36. The number of aliphatic imine (C=N–C) groups is 1. The van der Waals surface area contributed by atoms with E-state index in [0.717, 1.165) is 6.42 Å². The van der Waals surface area contributed by atoms with Crippen molar-refractivity contribution >= 4 is 32.3 Å². The molecule has 0 aliphatic heterocycles. The molecule has 0 aliphatic rings. The van der Waals surface area contributed by atoms with Gasteiger partial charge in [-0.1, -0.05) is 0 Å². The Kier molecular flexibility index (Phi) is 5.99. The van der Waals surface area contributed by atoms with E-state index >= 15 is 0 Å². The lowest BCUT2D eigenvalue weighted by atomic mass is 10.2. The fourth-order valence-corrected chi connectivity index (χ4v) is 0.944. The summed E-state index contributed by atoms with van der Waals surface area (Å²) in [6.45, 7) is 0.528. The Morgan fingerprint density at radius 2 is 2.08 bits per heavy atom. The van der Waals surface area contributed by atoms with Crippen LogP contribution < -0.4 is 17.2 Å². The van der Waals surface area contributed by atoms with Crippen LogP contribution in [0, 0.1) is 0 Å². The number of carbonyl (C=O) groups is 1. The average molecular weight is 284 g/mol. The zero-order valence-corrected chi connectivity index (χ0v) is 8.82. The van der Waals surface area contributed by atoms with Crippen molar-refractivity contribution in [2.45, 2.75) is 18.9 Å². The molecular weight excluding hydrogens is 271 g/mol. The predicted molar refractivity (Wildman–Crippen MR) is 56.9 cm³/mol. The molecule has 0 aliphatic carbocycles. The zero-order valence-electron chi connectivity index (χ0n) is 6.66. The molecule has 0 aromatic carbocycles. The van der Waals surface area contributed by atoms with Gasteiger partial charge in [-0.2, -0.15) is 0 Å². The summed E-state index contributed by atoms with van der Waals surface area (Å²) in [5.74, 6) is 0.0735. The second-order valence-corrected chi connectivity index (χ2v) is 3.42. The third kappa shape index (κ3) is 6.35. The smallest absolute Gasteiger partial charge is 0.208 e. The van der Waals surface area contributed by atoms with Crippen molar-refractivity contribution < 1.29 is 4.79 Å². The van der Waals surface area contributed by atoms with Gasteiger partial charge in [-0.25, -0.2) is 0 Å². The van der Waals surface area contributed by atoms with Gasteiger partial charge >= 0.3 is 0 Å². The highest BCUT2D eigenvalue weighted by molar-refractivity contribution is 14.1. The van der Waals surface area contributed by atoms with Gasteiger partial charge in [0.2, 0.25) is 3.79 Å². The van der Waals surface area contributed by atoms with Crippen LogP contribution >= 0.6 is 22.6 Å². The van der Waals surface area contributed by atoms with Crippen molar-refractivity contribution in [1.82, 2.24) is 0 Å². The Morgan fingerprint density at radius 1 is 1.50 bits per heavy atom. The van der Waals surface area contributed by atoms with Crippen LogP contribution in [0.1, 0.15) is 12.8 Å². The lowest BCUT2D eigenvalue weighted by Crippen LogP contribution is -2.27. The van der Waals surface area contributed by atoms with Crippen molar-refractivity contribution in [3.05, 3.63) is 0 Å². The van der Waals surface area contributed by atoms with E-state index < -0.39 is 0 Å². The highest BCUT2D eigenvalue weighted by Gasteiger charge is 2.07. The van der Waals surface area contributed by atoms with Gasteiger partial charge in [0.15, 0.2) is 5.96 Å². The number of halogens is 1. The molecule has 0 rings (SSSR count). The Hall–Kier alpha value is -0.370. The number of rotatable bonds is 5. The zero-order chi connectivity index (χ0) is 9.56. The summed E-state index contributed by atoms with van der Waals surface area (Å²) >= 11 is 1.68. The van der Waals surface area contributed by atoms with Crippen LogP contribution in [0.5, 0.6) is 0 Å². The van der Waals surface area contributed by atoms with E-state index in [1.54, 1.807) is 22.6 Å². The van der Waals surface area contributed by atoms with E-state index in [1.807, 2.05) is 0 Å². The number of hydrogen-bond donors (Lipinski definition) is 3. The van der Waals surface area contributed by atoms with Gasteiger partial charge in [-0.3, -0.25) is 9.79 Å². The van der Waals surface area contributed by atoms with Crippen molar-refractivity contribution in [1.29, 1.82) is 0 Å². The molecule has 0 aromatic rings. The van der Waals surface area contributed by atoms with E-state index in [2.05, 4.69) is 4.99 Å². The van der Waals surface area contributed by atoms with Gasteiger partial charge in [-0.05, 0) is 12.8 Å². The first-order valence-corrected chi connectivity index (χ1v) is 4.62. The maximum Gasteiger partial charge on any atom is 0.208 e. The monoisotopic (exact) mass is 284 g/mol. The Balaban J connectivity index is 3.44. The summed E-state index contributed by atoms with van der Waals surface area (Å²) in [6.07, 6.45) is 1.35. The number of nitrogens with zero attached hydrogens (tertiary/aromatic N) is 1. The maximum atomic E-state index is 10.6. The summed E-state index contributed by atoms with van der Waals surface area (Å²) in [7, 11) is 0. The molecule has 0 saturated carbocycles. The maximum absolute atomic E-state index is 10.6. The lowest BCUT2D eigenvalue weighted by Gasteiger charge is -2.03. The summed E-state index contributed by atoms with van der Waals surface area (Å²) in [5.41, 5.74) is 15.7. The first-order chi connectivity index (χ1) is 5.54. The Bertz CT molecular complexity index is 178. The summed E-state index contributed by atoms with van der Waals surface area (Å²) in [6, 6.07) is -0.389. The highest BCUT2D eigenvalue weighted by atomic mass is 127. The van der Waals surface area contributed by atoms with Gasteiger partial charge in [0.05, 0.1) is 6.04 Å². The van der Waals surface area contributed by atoms with Crippen molar-refractivity contribution in [2.75, 3.05) is 6.54 Å². The molecule has 0 radical (unpaired) electrons. The van der Waals surface area contributed by atoms with Crippen LogP contribution in [0.3, 0.4) is 0 Å². The van der Waals surface area contributed by atoms with Crippen LogP contribution in [0.25, 0.3) is 0 Å². The molecule has 0 saturated heterocycles. The van der Waals surface area contributed by atoms with Crippen LogP contribution in [0.2, 0.25) is 0 Å². The molecule has 70 valence electrons. The molecule has 0 heterocycles. The van der Waals surface area contributed by atoms with Crippen molar-refractivity contribution in [2.24, 2.45) is 22.2 Å². The molecule has 0 amide bonds. The molecule has 1 atom stereocenters. The SMILES string of the molecule is NC(N)=NCCC[C@@H](N)C(=O)I. The molecule has 0 bridgehead atoms. The van der Waals surface area contributed by atoms with Gasteiger partial charge in [0.25, 0.3) is 0 Å². The predicted octanol–water partition coefficient (Wildman–Crippen LogP) is -0.671. The van der Waals surface area contributed by atoms with Gasteiger partial charge in [-0.15, -0.1) is 0 Å². The van der Waals surface area contributed by atoms with E-state index in [-0.39, 0.29) is 15.8 Å². The fraction of sp³-hybridized carbons (Fsp3) is 0.667. The van der Waals surface area contributed by atoms with Gasteiger partial charge in [0, 0.05) is 29.1 Å². The third-order valence-electron chi connectivity index (χ3n) is 1.26. The van der Waals surface area contributed by atoms with Crippen LogP contribution in [-0.4, -0.2) is 22.3 Å². The minimum absolute atomic E-state index is 0.0303. The normalized spacial score (nSPS) is 12.2. The van der Waals surface area contributed by atoms with Crippen molar-refractivity contribution in [3.63, 3.8) is 0 Å². The first-order valence-electron chi connectivity index (χ1n) is 3.54.